The molecule has 214 valence electrons. The van der Waals surface area contributed by atoms with Gasteiger partial charge < -0.3 is 4.90 Å². The fourth-order valence-electron chi connectivity index (χ4n) is 7.21. The number of rotatable bonds is 4. The van der Waals surface area contributed by atoms with E-state index in [1.165, 1.54) is 86.6 Å². The monoisotopic (exact) mass is 585 g/mol. The van der Waals surface area contributed by atoms with Gasteiger partial charge in [0.25, 0.3) is 0 Å². The number of anilines is 2. The summed E-state index contributed by atoms with van der Waals surface area (Å²) in [5.74, 6) is 0.484. The predicted octanol–water partition coefficient (Wildman–Crippen LogP) is 12.6. The van der Waals surface area contributed by atoms with E-state index < -0.39 is 0 Å². The molecule has 0 fully saturated rings. The SMILES string of the molecule is Cc1cccc(N(C2=CC=CC(C)C2)c2c3ccccc3c(-c3cc(C)c4sc5c(C)cccc5c4c3)c3ccccc23)c1. The zero-order valence-electron chi connectivity index (χ0n) is 25.7. The van der Waals surface area contributed by atoms with Gasteiger partial charge in [0.05, 0.1) is 5.69 Å². The summed E-state index contributed by atoms with van der Waals surface area (Å²) < 4.78 is 2.78. The van der Waals surface area contributed by atoms with Gasteiger partial charge in [-0.15, -0.1) is 11.3 Å². The minimum absolute atomic E-state index is 0.484. The van der Waals surface area contributed by atoms with E-state index in [1.54, 1.807) is 0 Å². The number of thiophene rings is 1. The molecule has 0 saturated carbocycles. The van der Waals surface area contributed by atoms with Crippen molar-refractivity contribution in [2.45, 2.75) is 34.1 Å². The van der Waals surface area contributed by atoms with Crippen LogP contribution in [0, 0.1) is 26.7 Å². The summed E-state index contributed by atoms with van der Waals surface area (Å²) in [7, 11) is 0. The van der Waals surface area contributed by atoms with Crippen LogP contribution in [0.4, 0.5) is 11.4 Å². The fourth-order valence-corrected chi connectivity index (χ4v) is 8.43. The lowest BCUT2D eigenvalue weighted by atomic mass is 9.88. The van der Waals surface area contributed by atoms with Gasteiger partial charge in [0.2, 0.25) is 0 Å². The molecule has 6 aromatic carbocycles. The fraction of sp³-hybridized carbons (Fsp3) is 0.143. The Bertz CT molecular complexity index is 2260. The highest BCUT2D eigenvalue weighted by Gasteiger charge is 2.25. The van der Waals surface area contributed by atoms with Crippen LogP contribution < -0.4 is 4.90 Å². The summed E-state index contributed by atoms with van der Waals surface area (Å²) in [5.41, 5.74) is 10.3. The van der Waals surface area contributed by atoms with E-state index in [0.717, 1.165) is 6.42 Å². The number of allylic oxidation sites excluding steroid dienone is 4. The van der Waals surface area contributed by atoms with Crippen molar-refractivity contribution in [1.82, 2.24) is 0 Å². The molecule has 1 heterocycles. The van der Waals surface area contributed by atoms with Crippen LogP contribution in [0.2, 0.25) is 0 Å². The van der Waals surface area contributed by atoms with Crippen LogP contribution in [0.3, 0.4) is 0 Å². The second-order valence-electron chi connectivity index (χ2n) is 12.4. The van der Waals surface area contributed by atoms with Gasteiger partial charge in [0.1, 0.15) is 0 Å². The maximum absolute atomic E-state index is 2.53. The highest BCUT2D eigenvalue weighted by atomic mass is 32.1. The Balaban J connectivity index is 1.48. The number of hydrogen-bond acceptors (Lipinski definition) is 2. The maximum Gasteiger partial charge on any atom is 0.0615 e. The van der Waals surface area contributed by atoms with Crippen LogP contribution in [0.15, 0.2) is 127 Å². The Kier molecular flexibility index (Phi) is 6.43. The van der Waals surface area contributed by atoms with Crippen LogP contribution in [0.5, 0.6) is 0 Å². The first-order chi connectivity index (χ1) is 21.5. The van der Waals surface area contributed by atoms with Gasteiger partial charge in [-0.25, -0.2) is 0 Å². The first-order valence-electron chi connectivity index (χ1n) is 15.6. The molecule has 0 bridgehead atoms. The molecule has 1 atom stereocenters. The quantitative estimate of drug-likeness (QED) is 0.186. The molecule has 7 aromatic rings. The van der Waals surface area contributed by atoms with Crippen molar-refractivity contribution in [1.29, 1.82) is 0 Å². The molecule has 1 aliphatic carbocycles. The van der Waals surface area contributed by atoms with Gasteiger partial charge >= 0.3 is 0 Å². The molecule has 1 aromatic heterocycles. The standard InChI is InChI=1S/C42H35NS/c1-26-12-9-15-31(22-26)43(32-16-10-13-27(2)23-32)40-35-19-7-5-17-33(35)39(34-18-6-8-20-36(34)40)30-24-29(4)42-38(25-30)37-21-11-14-28(3)41(37)44-42/h5-22,24-25,27H,23H2,1-4H3. The molecule has 0 radical (unpaired) electrons. The van der Waals surface area contributed by atoms with Gasteiger partial charge in [0, 0.05) is 42.3 Å². The van der Waals surface area contributed by atoms with E-state index >= 15 is 0 Å². The summed E-state index contributed by atoms with van der Waals surface area (Å²) in [6.07, 6.45) is 7.84. The lowest BCUT2D eigenvalue weighted by Crippen LogP contribution is -2.20. The van der Waals surface area contributed by atoms with Crippen LogP contribution in [0.25, 0.3) is 52.8 Å². The Labute approximate surface area is 263 Å². The number of aryl methyl sites for hydroxylation is 3. The molecule has 44 heavy (non-hydrogen) atoms. The normalized spacial score (nSPS) is 15.0. The molecule has 0 spiro atoms. The van der Waals surface area contributed by atoms with E-state index in [4.69, 9.17) is 0 Å². The van der Waals surface area contributed by atoms with E-state index in [9.17, 15) is 0 Å². The van der Waals surface area contributed by atoms with Crippen LogP contribution in [-0.2, 0) is 0 Å². The summed E-state index contributed by atoms with van der Waals surface area (Å²) in [6, 6.07) is 38.6. The third-order valence-corrected chi connectivity index (χ3v) is 10.7. The first kappa shape index (κ1) is 26.9. The summed E-state index contributed by atoms with van der Waals surface area (Å²) in [5, 5.41) is 7.83. The van der Waals surface area contributed by atoms with E-state index in [0.29, 0.717) is 5.92 Å². The molecule has 1 aliphatic rings. The number of nitrogens with zero attached hydrogens (tertiary/aromatic N) is 1. The lowest BCUT2D eigenvalue weighted by Gasteiger charge is -2.33. The summed E-state index contributed by atoms with van der Waals surface area (Å²) in [6.45, 7) is 9.00. The number of benzene rings is 6. The van der Waals surface area contributed by atoms with Gasteiger partial charge in [-0.05, 0) is 102 Å². The molecule has 0 amide bonds. The maximum atomic E-state index is 2.53. The topological polar surface area (TPSA) is 3.24 Å². The van der Waals surface area contributed by atoms with Crippen molar-refractivity contribution in [3.05, 3.63) is 144 Å². The van der Waals surface area contributed by atoms with E-state index in [-0.39, 0.29) is 0 Å². The van der Waals surface area contributed by atoms with Crippen LogP contribution in [-0.4, -0.2) is 0 Å². The third-order valence-electron chi connectivity index (χ3n) is 9.20. The Morgan fingerprint density at radius 1 is 0.636 bits per heavy atom. The molecular weight excluding hydrogens is 551 g/mol. The lowest BCUT2D eigenvalue weighted by molar-refractivity contribution is 0.697. The number of hydrogen-bond donors (Lipinski definition) is 0. The molecule has 8 rings (SSSR count). The molecule has 0 saturated heterocycles. The van der Waals surface area contributed by atoms with Crippen molar-refractivity contribution in [2.75, 3.05) is 4.90 Å². The predicted molar refractivity (Wildman–Crippen MR) is 194 cm³/mol. The first-order valence-corrected chi connectivity index (χ1v) is 16.4. The van der Waals surface area contributed by atoms with Crippen molar-refractivity contribution >= 4 is 64.4 Å². The molecule has 1 nitrogen and oxygen atoms in total. The minimum Gasteiger partial charge on any atom is -0.313 e. The second-order valence-corrected chi connectivity index (χ2v) is 13.5. The number of fused-ring (bicyclic) bond motifs is 5. The zero-order chi connectivity index (χ0) is 29.9. The highest BCUT2D eigenvalue weighted by Crippen LogP contribution is 2.49. The van der Waals surface area contributed by atoms with Crippen LogP contribution in [0.1, 0.15) is 30.0 Å². The van der Waals surface area contributed by atoms with E-state index in [2.05, 4.69) is 154 Å². The Morgan fingerprint density at radius 2 is 1.30 bits per heavy atom. The molecule has 2 heteroatoms. The smallest absolute Gasteiger partial charge is 0.0615 e. The third kappa shape index (κ3) is 4.28. The van der Waals surface area contributed by atoms with Crippen molar-refractivity contribution in [3.63, 3.8) is 0 Å². The average Bonchev–Trinajstić information content (AvgIpc) is 3.42. The van der Waals surface area contributed by atoms with Crippen molar-refractivity contribution in [3.8, 4) is 11.1 Å². The van der Waals surface area contributed by atoms with Crippen molar-refractivity contribution < 1.29 is 0 Å². The largest absolute Gasteiger partial charge is 0.313 e. The summed E-state index contributed by atoms with van der Waals surface area (Å²) >= 11 is 1.93. The van der Waals surface area contributed by atoms with Gasteiger partial charge in [-0.3, -0.25) is 0 Å². The van der Waals surface area contributed by atoms with Gasteiger partial charge in [-0.1, -0.05) is 97.9 Å². The van der Waals surface area contributed by atoms with Crippen LogP contribution >= 0.6 is 11.3 Å². The molecule has 0 N–H and O–H groups in total. The van der Waals surface area contributed by atoms with Crippen molar-refractivity contribution in [2.24, 2.45) is 5.92 Å². The average molecular weight is 586 g/mol. The molecular formula is C42H35NS. The molecule has 1 unspecified atom stereocenters. The van der Waals surface area contributed by atoms with Gasteiger partial charge in [0.15, 0.2) is 0 Å². The molecule has 0 aliphatic heterocycles. The minimum atomic E-state index is 0.484. The Morgan fingerprint density at radius 3 is 2.00 bits per heavy atom. The van der Waals surface area contributed by atoms with Gasteiger partial charge in [-0.2, -0.15) is 0 Å². The van der Waals surface area contributed by atoms with E-state index in [1.807, 2.05) is 11.3 Å². The Hall–Kier alpha value is -4.66. The zero-order valence-corrected chi connectivity index (χ0v) is 26.5. The summed E-state index contributed by atoms with van der Waals surface area (Å²) in [4.78, 5) is 2.53. The highest BCUT2D eigenvalue weighted by molar-refractivity contribution is 7.26. The second kappa shape index (κ2) is 10.5.